The van der Waals surface area contributed by atoms with Gasteiger partial charge in [-0.1, -0.05) is 0 Å². The molecule has 0 atom stereocenters. The molecule has 1 aliphatic rings. The lowest BCUT2D eigenvalue weighted by Crippen LogP contribution is -2.54. The van der Waals surface area contributed by atoms with Crippen LogP contribution in [0.1, 0.15) is 19.3 Å². The van der Waals surface area contributed by atoms with E-state index in [1.165, 1.54) is 19.3 Å². The lowest BCUT2D eigenvalue weighted by molar-refractivity contribution is 0.0737. The van der Waals surface area contributed by atoms with Crippen molar-refractivity contribution in [2.24, 2.45) is 0 Å². The molecule has 0 aliphatic heterocycles. The summed E-state index contributed by atoms with van der Waals surface area (Å²) >= 11 is 5.92. The van der Waals surface area contributed by atoms with Gasteiger partial charge in [0.1, 0.15) is 0 Å². The zero-order chi connectivity index (χ0) is 14.0. The number of halogens is 1. The van der Waals surface area contributed by atoms with E-state index >= 15 is 0 Å². The number of anilines is 2. The van der Waals surface area contributed by atoms with Gasteiger partial charge in [-0.15, -0.1) is 0 Å². The van der Waals surface area contributed by atoms with Crippen LogP contribution in [0, 0.1) is 0 Å². The first-order valence-corrected chi connectivity index (χ1v) is 6.81. The summed E-state index contributed by atoms with van der Waals surface area (Å²) in [4.78, 5) is 16.6. The summed E-state index contributed by atoms with van der Waals surface area (Å²) < 4.78 is 0. The zero-order valence-corrected chi connectivity index (χ0v) is 12.7. The highest BCUT2D eigenvalue weighted by Crippen LogP contribution is 2.36. The van der Waals surface area contributed by atoms with Crippen molar-refractivity contribution in [3.63, 3.8) is 0 Å². The summed E-state index contributed by atoms with van der Waals surface area (Å²) in [5, 5.41) is 3.51. The first kappa shape index (κ1) is 14.3. The van der Waals surface area contributed by atoms with E-state index in [1.807, 2.05) is 19.0 Å². The van der Waals surface area contributed by atoms with Gasteiger partial charge in [0.25, 0.3) is 0 Å². The molecule has 0 saturated heterocycles. The lowest BCUT2D eigenvalue weighted by atomic mass is 9.75. The second-order valence-electron chi connectivity index (χ2n) is 5.45. The molecule has 1 N–H and O–H groups in total. The van der Waals surface area contributed by atoms with Crippen LogP contribution in [0.15, 0.2) is 0 Å². The number of nitrogens with one attached hydrogen (secondary N) is 1. The summed E-state index contributed by atoms with van der Waals surface area (Å²) in [5.74, 6) is 1.10. The molecule has 106 valence electrons. The van der Waals surface area contributed by atoms with E-state index in [0.717, 1.165) is 6.54 Å². The van der Waals surface area contributed by atoms with Gasteiger partial charge < -0.3 is 15.1 Å². The topological polar surface area (TPSA) is 57.2 Å². The second-order valence-corrected chi connectivity index (χ2v) is 5.79. The Morgan fingerprint density at radius 2 is 1.84 bits per heavy atom. The van der Waals surface area contributed by atoms with Crippen LogP contribution in [0.5, 0.6) is 0 Å². The van der Waals surface area contributed by atoms with Gasteiger partial charge in [0, 0.05) is 26.2 Å². The minimum absolute atomic E-state index is 0.216. The first-order chi connectivity index (χ1) is 8.93. The van der Waals surface area contributed by atoms with Gasteiger partial charge >= 0.3 is 0 Å². The van der Waals surface area contributed by atoms with Gasteiger partial charge in [0.2, 0.25) is 17.2 Å². The number of rotatable bonds is 5. The van der Waals surface area contributed by atoms with Crippen molar-refractivity contribution in [1.82, 2.24) is 19.9 Å². The SMILES string of the molecule is CN(C)c1nc(Cl)nc(NCC2(N(C)C)CCC2)n1. The molecule has 0 radical (unpaired) electrons. The summed E-state index contributed by atoms with van der Waals surface area (Å²) in [5.41, 5.74) is 0.220. The Labute approximate surface area is 119 Å². The molecule has 1 aromatic rings. The van der Waals surface area contributed by atoms with E-state index in [4.69, 9.17) is 11.6 Å². The highest BCUT2D eigenvalue weighted by molar-refractivity contribution is 6.28. The van der Waals surface area contributed by atoms with Crippen molar-refractivity contribution >= 4 is 23.5 Å². The molecule has 6 nitrogen and oxygen atoms in total. The fraction of sp³-hybridized carbons (Fsp3) is 0.750. The minimum Gasteiger partial charge on any atom is -0.352 e. The summed E-state index contributed by atoms with van der Waals surface area (Å²) in [6.45, 7) is 0.827. The first-order valence-electron chi connectivity index (χ1n) is 6.43. The van der Waals surface area contributed by atoms with Crippen LogP contribution >= 0.6 is 11.6 Å². The molecule has 0 bridgehead atoms. The fourth-order valence-electron chi connectivity index (χ4n) is 2.23. The Morgan fingerprint density at radius 3 is 2.32 bits per heavy atom. The van der Waals surface area contributed by atoms with Crippen LogP contribution in [-0.4, -0.2) is 60.1 Å². The van der Waals surface area contributed by atoms with E-state index in [0.29, 0.717) is 11.9 Å². The van der Waals surface area contributed by atoms with E-state index < -0.39 is 0 Å². The number of hydrogen-bond donors (Lipinski definition) is 1. The van der Waals surface area contributed by atoms with Gasteiger partial charge in [-0.05, 0) is 45.0 Å². The minimum atomic E-state index is 0.216. The molecular weight excluding hydrogens is 264 g/mol. The summed E-state index contributed by atoms with van der Waals surface area (Å²) in [6.07, 6.45) is 3.68. The van der Waals surface area contributed by atoms with Gasteiger partial charge in [0.05, 0.1) is 0 Å². The third kappa shape index (κ3) is 3.06. The Balaban J connectivity index is 2.07. The van der Waals surface area contributed by atoms with Crippen LogP contribution < -0.4 is 10.2 Å². The van der Waals surface area contributed by atoms with Crippen molar-refractivity contribution in [2.75, 3.05) is 45.0 Å². The summed E-state index contributed by atoms with van der Waals surface area (Å²) in [7, 11) is 7.99. The van der Waals surface area contributed by atoms with Gasteiger partial charge in [0.15, 0.2) is 0 Å². The molecule has 2 rings (SSSR count). The number of likely N-dealkylation sites (N-methyl/N-ethyl adjacent to an activating group) is 1. The Kier molecular flexibility index (Phi) is 4.10. The standard InChI is InChI=1S/C12H21ClN6/c1-18(2)11-16-9(13)15-10(17-11)14-8-12(19(3)4)6-5-7-12/h5-8H2,1-4H3,(H,14,15,16,17). The Bertz CT molecular complexity index is 444. The largest absolute Gasteiger partial charge is 0.352 e. The van der Waals surface area contributed by atoms with E-state index in [2.05, 4.69) is 39.3 Å². The highest BCUT2D eigenvalue weighted by Gasteiger charge is 2.38. The molecule has 0 amide bonds. The van der Waals surface area contributed by atoms with Crippen LogP contribution in [0.4, 0.5) is 11.9 Å². The highest BCUT2D eigenvalue weighted by atomic mass is 35.5. The molecule has 1 heterocycles. The lowest BCUT2D eigenvalue weighted by Gasteiger charge is -2.47. The summed E-state index contributed by atoms with van der Waals surface area (Å²) in [6, 6.07) is 0. The molecule has 1 aliphatic carbocycles. The molecular formula is C12H21ClN6. The predicted molar refractivity (Wildman–Crippen MR) is 77.9 cm³/mol. The van der Waals surface area contributed by atoms with E-state index in [1.54, 1.807) is 0 Å². The molecule has 1 saturated carbocycles. The van der Waals surface area contributed by atoms with Gasteiger partial charge in [-0.3, -0.25) is 0 Å². The van der Waals surface area contributed by atoms with Crippen LogP contribution in [0.3, 0.4) is 0 Å². The quantitative estimate of drug-likeness (QED) is 0.884. The number of aromatic nitrogens is 3. The number of hydrogen-bond acceptors (Lipinski definition) is 6. The van der Waals surface area contributed by atoms with Crippen LogP contribution in [0.2, 0.25) is 5.28 Å². The van der Waals surface area contributed by atoms with Crippen molar-refractivity contribution in [2.45, 2.75) is 24.8 Å². The molecule has 1 fully saturated rings. The zero-order valence-electron chi connectivity index (χ0n) is 11.9. The van der Waals surface area contributed by atoms with Crippen LogP contribution in [0.25, 0.3) is 0 Å². The van der Waals surface area contributed by atoms with E-state index in [9.17, 15) is 0 Å². The molecule has 0 aromatic carbocycles. The molecule has 1 aromatic heterocycles. The maximum atomic E-state index is 5.92. The second kappa shape index (κ2) is 5.46. The monoisotopic (exact) mass is 284 g/mol. The van der Waals surface area contributed by atoms with Gasteiger partial charge in [-0.2, -0.15) is 15.0 Å². The normalized spacial score (nSPS) is 17.2. The maximum absolute atomic E-state index is 5.92. The average molecular weight is 285 g/mol. The molecule has 0 spiro atoms. The Hall–Kier alpha value is -1.14. The van der Waals surface area contributed by atoms with Crippen molar-refractivity contribution in [3.05, 3.63) is 5.28 Å². The smallest absolute Gasteiger partial charge is 0.230 e. The molecule has 19 heavy (non-hydrogen) atoms. The third-order valence-corrected chi connectivity index (χ3v) is 3.97. The molecule has 0 unspecified atom stereocenters. The predicted octanol–water partition coefficient (Wildman–Crippen LogP) is 1.49. The average Bonchev–Trinajstić information content (AvgIpc) is 2.26. The van der Waals surface area contributed by atoms with Crippen molar-refractivity contribution in [1.29, 1.82) is 0 Å². The van der Waals surface area contributed by atoms with Crippen molar-refractivity contribution < 1.29 is 0 Å². The van der Waals surface area contributed by atoms with Crippen LogP contribution in [-0.2, 0) is 0 Å². The van der Waals surface area contributed by atoms with Crippen molar-refractivity contribution in [3.8, 4) is 0 Å². The van der Waals surface area contributed by atoms with E-state index in [-0.39, 0.29) is 10.8 Å². The fourth-order valence-corrected chi connectivity index (χ4v) is 2.38. The van der Waals surface area contributed by atoms with Gasteiger partial charge in [-0.25, -0.2) is 0 Å². The third-order valence-electron chi connectivity index (χ3n) is 3.80. The maximum Gasteiger partial charge on any atom is 0.230 e. The number of nitrogens with zero attached hydrogens (tertiary/aromatic N) is 5. The molecule has 7 heteroatoms. The Morgan fingerprint density at radius 1 is 1.16 bits per heavy atom.